The Bertz CT molecular complexity index is 347. The van der Waals surface area contributed by atoms with Crippen molar-refractivity contribution in [2.75, 3.05) is 0 Å². The first-order valence-corrected chi connectivity index (χ1v) is 4.36. The minimum absolute atomic E-state index is 0.275. The summed E-state index contributed by atoms with van der Waals surface area (Å²) >= 11 is 3.21. The maximum Gasteiger partial charge on any atom is 0.308 e. The maximum atomic E-state index is 10.6. The second kappa shape index (κ2) is 4.18. The van der Waals surface area contributed by atoms with E-state index in [-0.39, 0.29) is 5.75 Å². The smallest absolute Gasteiger partial charge is 0.308 e. The van der Waals surface area contributed by atoms with E-state index in [0.29, 0.717) is 11.8 Å². The van der Waals surface area contributed by atoms with Gasteiger partial charge >= 0.3 is 5.97 Å². The largest absolute Gasteiger partial charge is 0.426 e. The third kappa shape index (κ3) is 2.66. The summed E-state index contributed by atoms with van der Waals surface area (Å²) < 4.78 is 5.58. The van der Waals surface area contributed by atoms with Gasteiger partial charge in [0.25, 0.3) is 0 Å². The molecule has 0 radical (unpaired) electrons. The zero-order valence-corrected chi connectivity index (χ0v) is 8.50. The Balaban J connectivity index is 3.07. The van der Waals surface area contributed by atoms with Gasteiger partial charge in [-0.3, -0.25) is 9.59 Å². The van der Waals surface area contributed by atoms with Crippen LogP contribution in [-0.2, 0) is 4.79 Å². The normalized spacial score (nSPS) is 9.38. The number of carbonyl (C=O) groups is 2. The lowest BCUT2D eigenvalue weighted by atomic mass is 10.2. The van der Waals surface area contributed by atoms with Gasteiger partial charge < -0.3 is 4.74 Å². The lowest BCUT2D eigenvalue weighted by Crippen LogP contribution is -2.03. The predicted octanol–water partition coefficient (Wildman–Crippen LogP) is 2.19. The van der Waals surface area contributed by atoms with Crippen LogP contribution in [0.25, 0.3) is 0 Å². The van der Waals surface area contributed by atoms with Crippen molar-refractivity contribution in [3.05, 3.63) is 28.2 Å². The number of carbonyl (C=O) groups excluding carboxylic acids is 2. The molecule has 0 saturated heterocycles. The molecule has 0 bridgehead atoms. The summed E-state index contributed by atoms with van der Waals surface area (Å²) in [6, 6.07) is 4.86. The van der Waals surface area contributed by atoms with Crippen LogP contribution in [0.2, 0.25) is 0 Å². The molecule has 0 spiro atoms. The topological polar surface area (TPSA) is 43.4 Å². The van der Waals surface area contributed by atoms with Crippen LogP contribution in [0.4, 0.5) is 0 Å². The van der Waals surface area contributed by atoms with E-state index < -0.39 is 5.97 Å². The Hall–Kier alpha value is -1.16. The van der Waals surface area contributed by atoms with E-state index in [1.165, 1.54) is 6.92 Å². The first kappa shape index (κ1) is 9.92. The molecule has 0 amide bonds. The van der Waals surface area contributed by atoms with Crippen molar-refractivity contribution in [2.45, 2.75) is 6.92 Å². The second-order valence-electron chi connectivity index (χ2n) is 2.39. The van der Waals surface area contributed by atoms with E-state index in [4.69, 9.17) is 4.74 Å². The van der Waals surface area contributed by atoms with Crippen LogP contribution < -0.4 is 4.74 Å². The summed E-state index contributed by atoms with van der Waals surface area (Å²) in [5.74, 6) is -0.168. The summed E-state index contributed by atoms with van der Waals surface area (Å²) in [5.41, 5.74) is 0.360. The monoisotopic (exact) mass is 242 g/mol. The Morgan fingerprint density at radius 3 is 2.77 bits per heavy atom. The van der Waals surface area contributed by atoms with Crippen LogP contribution in [0, 0.1) is 0 Å². The van der Waals surface area contributed by atoms with Gasteiger partial charge in [0.1, 0.15) is 5.75 Å². The number of halogens is 1. The molecule has 0 aliphatic heterocycles. The molecule has 1 aromatic carbocycles. The molecule has 0 aromatic heterocycles. The lowest BCUT2D eigenvalue weighted by molar-refractivity contribution is -0.131. The summed E-state index contributed by atoms with van der Waals surface area (Å²) in [7, 11) is 0. The average molecular weight is 243 g/mol. The first-order chi connectivity index (χ1) is 6.13. The molecule has 68 valence electrons. The van der Waals surface area contributed by atoms with Crippen LogP contribution in [0.3, 0.4) is 0 Å². The van der Waals surface area contributed by atoms with Crippen LogP contribution in [0.5, 0.6) is 5.75 Å². The van der Waals surface area contributed by atoms with Gasteiger partial charge in [-0.1, -0.05) is 15.9 Å². The van der Waals surface area contributed by atoms with Crippen molar-refractivity contribution in [1.29, 1.82) is 0 Å². The van der Waals surface area contributed by atoms with E-state index in [1.807, 2.05) is 0 Å². The fourth-order valence-corrected chi connectivity index (χ4v) is 1.19. The summed E-state index contributed by atoms with van der Waals surface area (Å²) in [5, 5.41) is 0. The first-order valence-electron chi connectivity index (χ1n) is 3.56. The van der Waals surface area contributed by atoms with E-state index in [2.05, 4.69) is 15.9 Å². The van der Waals surface area contributed by atoms with E-state index in [0.717, 1.165) is 4.47 Å². The van der Waals surface area contributed by atoms with Crippen molar-refractivity contribution in [2.24, 2.45) is 0 Å². The molecule has 13 heavy (non-hydrogen) atoms. The van der Waals surface area contributed by atoms with Gasteiger partial charge in [0, 0.05) is 11.4 Å². The van der Waals surface area contributed by atoms with Crippen LogP contribution >= 0.6 is 15.9 Å². The highest BCUT2D eigenvalue weighted by Crippen LogP contribution is 2.22. The van der Waals surface area contributed by atoms with Crippen molar-refractivity contribution in [3.63, 3.8) is 0 Å². The molecule has 0 aliphatic carbocycles. The maximum absolute atomic E-state index is 10.6. The highest BCUT2D eigenvalue weighted by Gasteiger charge is 2.05. The summed E-state index contributed by atoms with van der Waals surface area (Å²) in [4.78, 5) is 21.2. The Labute approximate surface area is 83.8 Å². The molecule has 0 heterocycles. The molecule has 0 fully saturated rings. The second-order valence-corrected chi connectivity index (χ2v) is 3.31. The highest BCUT2D eigenvalue weighted by atomic mass is 79.9. The van der Waals surface area contributed by atoms with Crippen LogP contribution in [0.15, 0.2) is 22.7 Å². The molecule has 0 saturated carbocycles. The Morgan fingerprint density at radius 1 is 1.54 bits per heavy atom. The fourth-order valence-electron chi connectivity index (χ4n) is 0.849. The average Bonchev–Trinajstić information content (AvgIpc) is 2.03. The van der Waals surface area contributed by atoms with Crippen molar-refractivity contribution < 1.29 is 14.3 Å². The van der Waals surface area contributed by atoms with Gasteiger partial charge in [-0.2, -0.15) is 0 Å². The van der Waals surface area contributed by atoms with Crippen molar-refractivity contribution in [1.82, 2.24) is 0 Å². The zero-order chi connectivity index (χ0) is 9.84. The summed E-state index contributed by atoms with van der Waals surface area (Å²) in [6.07, 6.45) is 0.644. The van der Waals surface area contributed by atoms with Crippen molar-refractivity contribution >= 4 is 28.2 Å². The van der Waals surface area contributed by atoms with Gasteiger partial charge in [-0.25, -0.2) is 0 Å². The van der Waals surface area contributed by atoms with Crippen LogP contribution in [0.1, 0.15) is 17.3 Å². The number of rotatable bonds is 2. The van der Waals surface area contributed by atoms with Gasteiger partial charge in [-0.15, -0.1) is 0 Å². The third-order valence-electron chi connectivity index (χ3n) is 1.36. The molecule has 0 N–H and O–H groups in total. The number of hydrogen-bond donors (Lipinski definition) is 0. The molecule has 1 aromatic rings. The lowest BCUT2D eigenvalue weighted by Gasteiger charge is -2.03. The zero-order valence-electron chi connectivity index (χ0n) is 6.91. The number of aldehydes is 1. The minimum atomic E-state index is -0.443. The van der Waals surface area contributed by atoms with Gasteiger partial charge in [0.2, 0.25) is 0 Å². The quantitative estimate of drug-likeness (QED) is 0.454. The third-order valence-corrected chi connectivity index (χ3v) is 1.85. The molecule has 0 aliphatic rings. The standard InChI is InChI=1S/C9H7BrO3/c1-6(12)13-9-4-8(10)3-2-7(9)5-11/h2-5H,1H3. The number of ether oxygens (including phenoxy) is 1. The molecule has 0 unspecified atom stereocenters. The number of benzene rings is 1. The van der Waals surface area contributed by atoms with Gasteiger partial charge in [0.15, 0.2) is 6.29 Å². The number of esters is 1. The Morgan fingerprint density at radius 2 is 2.23 bits per heavy atom. The fraction of sp³-hybridized carbons (Fsp3) is 0.111. The van der Waals surface area contributed by atoms with E-state index >= 15 is 0 Å². The van der Waals surface area contributed by atoms with Crippen molar-refractivity contribution in [3.8, 4) is 5.75 Å². The summed E-state index contributed by atoms with van der Waals surface area (Å²) in [6.45, 7) is 1.29. The number of hydrogen-bond acceptors (Lipinski definition) is 3. The van der Waals surface area contributed by atoms with Crippen LogP contribution in [-0.4, -0.2) is 12.3 Å². The molecular formula is C9H7BrO3. The molecule has 3 nitrogen and oxygen atoms in total. The molecular weight excluding hydrogens is 236 g/mol. The van der Waals surface area contributed by atoms with E-state index in [1.54, 1.807) is 18.2 Å². The minimum Gasteiger partial charge on any atom is -0.426 e. The van der Waals surface area contributed by atoms with E-state index in [9.17, 15) is 9.59 Å². The molecule has 0 atom stereocenters. The predicted molar refractivity (Wildman–Crippen MR) is 50.8 cm³/mol. The van der Waals surface area contributed by atoms with Gasteiger partial charge in [0.05, 0.1) is 5.56 Å². The molecule has 1 rings (SSSR count). The Kier molecular flexibility index (Phi) is 3.19. The van der Waals surface area contributed by atoms with Gasteiger partial charge in [-0.05, 0) is 18.2 Å². The molecule has 4 heteroatoms. The SMILES string of the molecule is CC(=O)Oc1cc(Br)ccc1C=O. The highest BCUT2D eigenvalue weighted by molar-refractivity contribution is 9.10.